The van der Waals surface area contributed by atoms with Crippen molar-refractivity contribution in [1.82, 2.24) is 0 Å². The molecule has 2 N–H and O–H groups in total. The molecule has 1 saturated heterocycles. The molecule has 1 aromatic carbocycles. The lowest BCUT2D eigenvalue weighted by Crippen LogP contribution is -2.41. The molecule has 100 valence electrons. The zero-order valence-electron chi connectivity index (χ0n) is 11.5. The first-order chi connectivity index (χ1) is 8.49. The van der Waals surface area contributed by atoms with Crippen LogP contribution in [0.2, 0.25) is 0 Å². The van der Waals surface area contributed by atoms with Crippen molar-refractivity contribution < 1.29 is 4.39 Å². The summed E-state index contributed by atoms with van der Waals surface area (Å²) in [5.74, 6) is 0.486. The molecule has 0 radical (unpaired) electrons. The van der Waals surface area contributed by atoms with Gasteiger partial charge in [0.15, 0.2) is 0 Å². The van der Waals surface area contributed by atoms with E-state index in [1.165, 1.54) is 6.42 Å². The molecule has 0 spiro atoms. The van der Waals surface area contributed by atoms with E-state index in [4.69, 9.17) is 5.73 Å². The Bertz CT molecular complexity index is 417. The number of hydrogen-bond donors (Lipinski definition) is 1. The maximum absolute atomic E-state index is 14.2. The number of anilines is 1. The predicted octanol–water partition coefficient (Wildman–Crippen LogP) is 3.47. The van der Waals surface area contributed by atoms with Gasteiger partial charge in [-0.05, 0) is 50.3 Å². The molecule has 3 heteroatoms. The molecule has 2 rings (SSSR count). The summed E-state index contributed by atoms with van der Waals surface area (Å²) in [7, 11) is 0. The van der Waals surface area contributed by atoms with E-state index in [0.717, 1.165) is 24.2 Å². The molecule has 18 heavy (non-hydrogen) atoms. The summed E-state index contributed by atoms with van der Waals surface area (Å²) in [5.41, 5.74) is 7.36. The van der Waals surface area contributed by atoms with E-state index in [2.05, 4.69) is 18.7 Å². The normalized spacial score (nSPS) is 26.2. The summed E-state index contributed by atoms with van der Waals surface area (Å²) in [6.07, 6.45) is 2.37. The number of nitrogens with zero attached hydrogens (tertiary/aromatic N) is 1. The summed E-state index contributed by atoms with van der Waals surface area (Å²) in [5, 5.41) is 0. The van der Waals surface area contributed by atoms with E-state index in [0.29, 0.717) is 12.0 Å². The molecule has 0 amide bonds. The molecule has 1 heterocycles. The summed E-state index contributed by atoms with van der Waals surface area (Å²) in [4.78, 5) is 2.19. The van der Waals surface area contributed by atoms with Crippen LogP contribution in [0.25, 0.3) is 0 Å². The van der Waals surface area contributed by atoms with Gasteiger partial charge >= 0.3 is 0 Å². The van der Waals surface area contributed by atoms with Crippen LogP contribution < -0.4 is 10.6 Å². The molecule has 1 fully saturated rings. The van der Waals surface area contributed by atoms with Crippen molar-refractivity contribution in [3.05, 3.63) is 29.6 Å². The molecular weight excluding hydrogens is 227 g/mol. The van der Waals surface area contributed by atoms with Gasteiger partial charge in [-0.2, -0.15) is 0 Å². The van der Waals surface area contributed by atoms with Gasteiger partial charge in [0.05, 0.1) is 5.69 Å². The molecule has 0 saturated carbocycles. The minimum Gasteiger partial charge on any atom is -0.366 e. The number of nitrogens with two attached hydrogens (primary N) is 1. The lowest BCUT2D eigenvalue weighted by atomic mass is 9.94. The van der Waals surface area contributed by atoms with Crippen molar-refractivity contribution in [3.8, 4) is 0 Å². The average Bonchev–Trinajstić information content (AvgIpc) is 2.32. The lowest BCUT2D eigenvalue weighted by molar-refractivity contribution is 0.386. The first kappa shape index (κ1) is 13.3. The Morgan fingerprint density at radius 1 is 1.33 bits per heavy atom. The monoisotopic (exact) mass is 250 g/mol. The minimum atomic E-state index is -0.147. The SMILES string of the molecule is CC1CCC(C)N(c2ccc([C@H](C)N)cc2F)C1. The Morgan fingerprint density at radius 3 is 2.67 bits per heavy atom. The quantitative estimate of drug-likeness (QED) is 0.871. The predicted molar refractivity (Wildman–Crippen MR) is 74.2 cm³/mol. The maximum Gasteiger partial charge on any atom is 0.146 e. The van der Waals surface area contributed by atoms with E-state index < -0.39 is 0 Å². The third kappa shape index (κ3) is 2.66. The first-order valence-corrected chi connectivity index (χ1v) is 6.80. The van der Waals surface area contributed by atoms with Gasteiger partial charge in [0.2, 0.25) is 0 Å². The average molecular weight is 250 g/mol. The Morgan fingerprint density at radius 2 is 2.06 bits per heavy atom. The number of piperidine rings is 1. The van der Waals surface area contributed by atoms with E-state index in [-0.39, 0.29) is 11.9 Å². The van der Waals surface area contributed by atoms with Crippen molar-refractivity contribution in [2.75, 3.05) is 11.4 Å². The fourth-order valence-electron chi connectivity index (χ4n) is 2.66. The third-order valence-corrected chi connectivity index (χ3v) is 3.92. The van der Waals surface area contributed by atoms with Crippen LogP contribution in [0.4, 0.5) is 10.1 Å². The van der Waals surface area contributed by atoms with E-state index in [9.17, 15) is 4.39 Å². The Balaban J connectivity index is 2.27. The van der Waals surface area contributed by atoms with E-state index in [1.54, 1.807) is 6.07 Å². The van der Waals surface area contributed by atoms with Crippen LogP contribution in [0.15, 0.2) is 18.2 Å². The van der Waals surface area contributed by atoms with Crippen LogP contribution in [-0.2, 0) is 0 Å². The fourth-order valence-corrected chi connectivity index (χ4v) is 2.66. The van der Waals surface area contributed by atoms with Crippen LogP contribution in [0.3, 0.4) is 0 Å². The van der Waals surface area contributed by atoms with Gasteiger partial charge in [-0.15, -0.1) is 0 Å². The second kappa shape index (κ2) is 5.27. The molecule has 3 atom stereocenters. The lowest BCUT2D eigenvalue weighted by Gasteiger charge is -2.38. The third-order valence-electron chi connectivity index (χ3n) is 3.92. The molecule has 1 aliphatic heterocycles. The molecule has 1 aromatic rings. The zero-order valence-corrected chi connectivity index (χ0v) is 11.5. The smallest absolute Gasteiger partial charge is 0.146 e. The van der Waals surface area contributed by atoms with Crippen molar-refractivity contribution in [1.29, 1.82) is 0 Å². The van der Waals surface area contributed by atoms with E-state index in [1.807, 2.05) is 19.1 Å². The summed E-state index contributed by atoms with van der Waals surface area (Å²) in [6.45, 7) is 7.22. The maximum atomic E-state index is 14.2. The van der Waals surface area contributed by atoms with Gasteiger partial charge in [0.25, 0.3) is 0 Å². The highest BCUT2D eigenvalue weighted by atomic mass is 19.1. The van der Waals surface area contributed by atoms with Crippen molar-refractivity contribution in [2.45, 2.75) is 45.7 Å². The second-order valence-electron chi connectivity index (χ2n) is 5.68. The molecular formula is C15H23FN2. The largest absolute Gasteiger partial charge is 0.366 e. The highest BCUT2D eigenvalue weighted by Crippen LogP contribution is 2.30. The number of rotatable bonds is 2. The highest BCUT2D eigenvalue weighted by Gasteiger charge is 2.25. The van der Waals surface area contributed by atoms with Crippen LogP contribution in [0.1, 0.15) is 45.2 Å². The van der Waals surface area contributed by atoms with Crippen LogP contribution in [0, 0.1) is 11.7 Å². The Kier molecular flexibility index (Phi) is 3.91. The van der Waals surface area contributed by atoms with Crippen molar-refractivity contribution in [2.24, 2.45) is 11.7 Å². The van der Waals surface area contributed by atoms with Gasteiger partial charge in [0, 0.05) is 18.6 Å². The summed E-state index contributed by atoms with van der Waals surface area (Å²) < 4.78 is 14.2. The van der Waals surface area contributed by atoms with Crippen molar-refractivity contribution in [3.63, 3.8) is 0 Å². The standard InChI is InChI=1S/C15H23FN2/c1-10-4-5-11(2)18(9-10)15-7-6-13(12(3)17)8-14(15)16/h6-8,10-12H,4-5,9,17H2,1-3H3/t10?,11?,12-/m0/s1. The van der Waals surface area contributed by atoms with Gasteiger partial charge in [-0.1, -0.05) is 13.0 Å². The number of hydrogen-bond acceptors (Lipinski definition) is 2. The van der Waals surface area contributed by atoms with Gasteiger partial charge in [-0.25, -0.2) is 4.39 Å². The number of benzene rings is 1. The molecule has 0 bridgehead atoms. The first-order valence-electron chi connectivity index (χ1n) is 6.80. The van der Waals surface area contributed by atoms with Gasteiger partial charge in [0.1, 0.15) is 5.82 Å². The van der Waals surface area contributed by atoms with Crippen LogP contribution >= 0.6 is 0 Å². The van der Waals surface area contributed by atoms with Crippen LogP contribution in [0.5, 0.6) is 0 Å². The molecule has 0 aromatic heterocycles. The fraction of sp³-hybridized carbons (Fsp3) is 0.600. The summed E-state index contributed by atoms with van der Waals surface area (Å²) in [6, 6.07) is 5.69. The molecule has 2 unspecified atom stereocenters. The molecule has 2 nitrogen and oxygen atoms in total. The number of halogens is 1. The van der Waals surface area contributed by atoms with Crippen LogP contribution in [-0.4, -0.2) is 12.6 Å². The second-order valence-corrected chi connectivity index (χ2v) is 5.68. The van der Waals surface area contributed by atoms with Gasteiger partial charge < -0.3 is 10.6 Å². The van der Waals surface area contributed by atoms with Gasteiger partial charge in [-0.3, -0.25) is 0 Å². The topological polar surface area (TPSA) is 29.3 Å². The van der Waals surface area contributed by atoms with Crippen molar-refractivity contribution >= 4 is 5.69 Å². The Labute approximate surface area is 109 Å². The highest BCUT2D eigenvalue weighted by molar-refractivity contribution is 5.50. The van der Waals surface area contributed by atoms with E-state index >= 15 is 0 Å². The Hall–Kier alpha value is -1.09. The molecule has 0 aliphatic carbocycles. The molecule has 1 aliphatic rings. The zero-order chi connectivity index (χ0) is 13.3. The summed E-state index contributed by atoms with van der Waals surface area (Å²) >= 11 is 0. The minimum absolute atomic E-state index is 0.119.